The molecule has 0 aliphatic rings. The first-order chi connectivity index (χ1) is 12.9. The third-order valence-electron chi connectivity index (χ3n) is 5.49. The van der Waals surface area contributed by atoms with Crippen LogP contribution in [0.2, 0.25) is 0 Å². The van der Waals surface area contributed by atoms with Crippen molar-refractivity contribution < 1.29 is 18.1 Å². The Hall–Kier alpha value is -0.130. The fourth-order valence-electron chi connectivity index (χ4n) is 3.71. The number of rotatable bonds is 20. The molecule has 0 heterocycles. The lowest BCUT2D eigenvalue weighted by atomic mass is 10.0. The van der Waals surface area contributed by atoms with Gasteiger partial charge in [-0.25, -0.2) is 0 Å². The lowest BCUT2D eigenvalue weighted by Gasteiger charge is -2.14. The van der Waals surface area contributed by atoms with Gasteiger partial charge in [0.15, 0.2) is 0 Å². The smallest absolute Gasteiger partial charge is 0.267 e. The molecule has 2 N–H and O–H groups in total. The van der Waals surface area contributed by atoms with Crippen LogP contribution in [0, 0.1) is 0 Å². The van der Waals surface area contributed by atoms with Crippen molar-refractivity contribution in [2.24, 2.45) is 0 Å². The van der Waals surface area contributed by atoms with Crippen LogP contribution in [-0.2, 0) is 10.1 Å². The Morgan fingerprint density at radius 3 is 1.44 bits per heavy atom. The lowest BCUT2D eigenvalue weighted by Crippen LogP contribution is -2.20. The van der Waals surface area contributed by atoms with Crippen molar-refractivity contribution in [3.8, 4) is 0 Å². The van der Waals surface area contributed by atoms with Crippen molar-refractivity contribution in [1.82, 2.24) is 0 Å². The minimum atomic E-state index is -3.94. The van der Waals surface area contributed by atoms with E-state index in [1.54, 1.807) is 0 Å². The molecule has 27 heavy (non-hydrogen) atoms. The van der Waals surface area contributed by atoms with Crippen molar-refractivity contribution in [2.45, 2.75) is 141 Å². The zero-order valence-electron chi connectivity index (χ0n) is 18.0. The zero-order valence-corrected chi connectivity index (χ0v) is 18.8. The molecular formula is C22H46O4S. The maximum atomic E-state index is 11.6. The van der Waals surface area contributed by atoms with Crippen LogP contribution < -0.4 is 0 Å². The van der Waals surface area contributed by atoms with E-state index in [4.69, 9.17) is 0 Å². The summed E-state index contributed by atoms with van der Waals surface area (Å²) in [5.74, 6) is 0. The van der Waals surface area contributed by atoms with E-state index in [-0.39, 0.29) is 6.10 Å². The minimum Gasteiger partial charge on any atom is -0.393 e. The summed E-state index contributed by atoms with van der Waals surface area (Å²) in [6.07, 6.45) is 18.5. The molecular weight excluding hydrogens is 360 g/mol. The highest BCUT2D eigenvalue weighted by atomic mass is 32.2. The molecule has 0 aliphatic carbocycles. The van der Waals surface area contributed by atoms with E-state index >= 15 is 0 Å². The Morgan fingerprint density at radius 1 is 0.593 bits per heavy atom. The van der Waals surface area contributed by atoms with Gasteiger partial charge in [-0.2, -0.15) is 8.42 Å². The standard InChI is InChI=1S/C22H46O4S/c1-3-5-6-7-8-9-10-11-12-15-19-22(27(24,25)26)20-16-13-14-18-21(23)17-4-2/h21-23H,3-20H2,1-2H3,(H,24,25,26). The monoisotopic (exact) mass is 406 g/mol. The summed E-state index contributed by atoms with van der Waals surface area (Å²) in [7, 11) is -3.94. The van der Waals surface area contributed by atoms with E-state index in [1.165, 1.54) is 51.4 Å². The van der Waals surface area contributed by atoms with Gasteiger partial charge in [0.05, 0.1) is 11.4 Å². The average Bonchev–Trinajstić information content (AvgIpc) is 2.60. The number of aliphatic hydroxyl groups excluding tert-OH is 1. The molecule has 0 amide bonds. The van der Waals surface area contributed by atoms with Crippen LogP contribution in [-0.4, -0.2) is 29.4 Å². The molecule has 0 rings (SSSR count). The van der Waals surface area contributed by atoms with E-state index in [1.807, 2.05) is 0 Å². The topological polar surface area (TPSA) is 74.6 Å². The highest BCUT2D eigenvalue weighted by Gasteiger charge is 2.21. The van der Waals surface area contributed by atoms with Crippen LogP contribution in [0.25, 0.3) is 0 Å². The predicted molar refractivity (Wildman–Crippen MR) is 116 cm³/mol. The summed E-state index contributed by atoms with van der Waals surface area (Å²) >= 11 is 0. The Kier molecular flexibility index (Phi) is 17.8. The quantitative estimate of drug-likeness (QED) is 0.175. The molecule has 0 spiro atoms. The van der Waals surface area contributed by atoms with Gasteiger partial charge in [0, 0.05) is 0 Å². The van der Waals surface area contributed by atoms with Gasteiger partial charge in [-0.1, -0.05) is 104 Å². The molecule has 0 saturated heterocycles. The van der Waals surface area contributed by atoms with E-state index in [0.717, 1.165) is 51.4 Å². The van der Waals surface area contributed by atoms with Gasteiger partial charge in [0.1, 0.15) is 0 Å². The first-order valence-corrected chi connectivity index (χ1v) is 13.1. The number of hydrogen-bond acceptors (Lipinski definition) is 3. The molecule has 5 heteroatoms. The average molecular weight is 407 g/mol. The third kappa shape index (κ3) is 17.7. The molecule has 4 nitrogen and oxygen atoms in total. The molecule has 0 bridgehead atoms. The fraction of sp³-hybridized carbons (Fsp3) is 1.00. The summed E-state index contributed by atoms with van der Waals surface area (Å²) in [5, 5.41) is 9.11. The van der Waals surface area contributed by atoms with Gasteiger partial charge in [0.25, 0.3) is 10.1 Å². The molecule has 164 valence electrons. The van der Waals surface area contributed by atoms with Crippen LogP contribution >= 0.6 is 0 Å². The van der Waals surface area contributed by atoms with Crippen LogP contribution in [0.4, 0.5) is 0 Å². The predicted octanol–water partition coefficient (Wildman–Crippen LogP) is 6.67. The Bertz CT molecular complexity index is 409. The van der Waals surface area contributed by atoms with E-state index in [9.17, 15) is 18.1 Å². The molecule has 2 atom stereocenters. The molecule has 2 unspecified atom stereocenters. The number of hydrogen-bond donors (Lipinski definition) is 2. The van der Waals surface area contributed by atoms with Crippen molar-refractivity contribution >= 4 is 10.1 Å². The van der Waals surface area contributed by atoms with E-state index < -0.39 is 15.4 Å². The first kappa shape index (κ1) is 26.9. The van der Waals surface area contributed by atoms with Crippen molar-refractivity contribution in [1.29, 1.82) is 0 Å². The highest BCUT2D eigenvalue weighted by Crippen LogP contribution is 2.19. The molecule has 0 radical (unpaired) electrons. The fourth-order valence-corrected chi connectivity index (χ4v) is 4.64. The first-order valence-electron chi connectivity index (χ1n) is 11.6. The Balaban J connectivity index is 3.74. The van der Waals surface area contributed by atoms with E-state index in [0.29, 0.717) is 12.8 Å². The summed E-state index contributed by atoms with van der Waals surface area (Å²) < 4.78 is 32.7. The lowest BCUT2D eigenvalue weighted by molar-refractivity contribution is 0.150. The SMILES string of the molecule is CCCCCCCCCCCCC(CCCCCC(O)CCC)S(=O)(=O)O. The Labute approximate surface area is 169 Å². The molecule has 0 aromatic carbocycles. The molecule has 0 aromatic rings. The molecule has 0 saturated carbocycles. The summed E-state index contributed by atoms with van der Waals surface area (Å²) in [5.41, 5.74) is 0. The van der Waals surface area contributed by atoms with Gasteiger partial charge in [-0.3, -0.25) is 4.55 Å². The zero-order chi connectivity index (χ0) is 20.4. The maximum Gasteiger partial charge on any atom is 0.267 e. The summed E-state index contributed by atoms with van der Waals surface area (Å²) in [4.78, 5) is 0. The highest BCUT2D eigenvalue weighted by molar-refractivity contribution is 7.86. The van der Waals surface area contributed by atoms with Crippen molar-refractivity contribution in [2.75, 3.05) is 0 Å². The van der Waals surface area contributed by atoms with Crippen LogP contribution in [0.15, 0.2) is 0 Å². The van der Waals surface area contributed by atoms with Crippen LogP contribution in [0.3, 0.4) is 0 Å². The minimum absolute atomic E-state index is 0.223. The van der Waals surface area contributed by atoms with Gasteiger partial charge < -0.3 is 5.11 Å². The van der Waals surface area contributed by atoms with Crippen molar-refractivity contribution in [3.05, 3.63) is 0 Å². The largest absolute Gasteiger partial charge is 0.393 e. The molecule has 0 aliphatic heterocycles. The maximum absolute atomic E-state index is 11.6. The second-order valence-electron chi connectivity index (χ2n) is 8.19. The molecule has 0 fully saturated rings. The number of unbranched alkanes of at least 4 members (excludes halogenated alkanes) is 11. The summed E-state index contributed by atoms with van der Waals surface area (Å²) in [6, 6.07) is 0. The van der Waals surface area contributed by atoms with Crippen LogP contribution in [0.1, 0.15) is 129 Å². The summed E-state index contributed by atoms with van der Waals surface area (Å²) in [6.45, 7) is 4.30. The molecule has 0 aromatic heterocycles. The van der Waals surface area contributed by atoms with Crippen LogP contribution in [0.5, 0.6) is 0 Å². The van der Waals surface area contributed by atoms with Gasteiger partial charge in [-0.15, -0.1) is 0 Å². The van der Waals surface area contributed by atoms with E-state index in [2.05, 4.69) is 13.8 Å². The Morgan fingerprint density at radius 2 is 1.00 bits per heavy atom. The normalized spacial score (nSPS) is 14.4. The van der Waals surface area contributed by atoms with Gasteiger partial charge in [-0.05, 0) is 25.7 Å². The second-order valence-corrected chi connectivity index (χ2v) is 9.88. The third-order valence-corrected chi connectivity index (χ3v) is 6.80. The second kappa shape index (κ2) is 17.9. The van der Waals surface area contributed by atoms with Gasteiger partial charge in [0.2, 0.25) is 0 Å². The van der Waals surface area contributed by atoms with Crippen molar-refractivity contribution in [3.63, 3.8) is 0 Å². The van der Waals surface area contributed by atoms with Gasteiger partial charge >= 0.3 is 0 Å². The number of aliphatic hydroxyl groups is 1.